The third-order valence-electron chi connectivity index (χ3n) is 2.50. The van der Waals surface area contributed by atoms with Gasteiger partial charge in [0.05, 0.1) is 11.9 Å². The molecule has 0 saturated carbocycles. The van der Waals surface area contributed by atoms with Crippen molar-refractivity contribution in [2.75, 3.05) is 25.2 Å². The van der Waals surface area contributed by atoms with Gasteiger partial charge in [0.15, 0.2) is 0 Å². The lowest BCUT2D eigenvalue weighted by Crippen LogP contribution is -2.42. The summed E-state index contributed by atoms with van der Waals surface area (Å²) in [6, 6.07) is 0.129. The zero-order valence-electron chi connectivity index (χ0n) is 10.8. The molecule has 5 heteroatoms. The van der Waals surface area contributed by atoms with E-state index in [2.05, 4.69) is 12.2 Å². The predicted octanol–water partition coefficient (Wildman–Crippen LogP) is 1.21. The van der Waals surface area contributed by atoms with Crippen molar-refractivity contribution in [1.82, 2.24) is 5.32 Å². The zero-order valence-corrected chi connectivity index (χ0v) is 11.6. The molecule has 0 bridgehead atoms. The Kier molecular flexibility index (Phi) is 7.97. The summed E-state index contributed by atoms with van der Waals surface area (Å²) in [6.07, 6.45) is 2.89. The third-order valence-corrected chi connectivity index (χ3v) is 3.48. The van der Waals surface area contributed by atoms with Crippen LogP contribution in [0.2, 0.25) is 0 Å². The molecule has 16 heavy (non-hydrogen) atoms. The average molecular weight is 251 g/mol. The fraction of sp³-hybridized carbons (Fsp3) is 1.00. The standard InChI is InChI=1S/C11H25NO3S/c1-5-11(15-7-3)10(12-6-2)8-9-16(4,13)14/h10-12H,5-9H2,1-4H3. The smallest absolute Gasteiger partial charge is 0.147 e. The summed E-state index contributed by atoms with van der Waals surface area (Å²) in [5, 5.41) is 3.30. The molecule has 0 aromatic heterocycles. The molecular weight excluding hydrogens is 226 g/mol. The van der Waals surface area contributed by atoms with Crippen molar-refractivity contribution in [1.29, 1.82) is 0 Å². The van der Waals surface area contributed by atoms with Crippen LogP contribution in [0.3, 0.4) is 0 Å². The van der Waals surface area contributed by atoms with Gasteiger partial charge >= 0.3 is 0 Å². The molecule has 0 radical (unpaired) electrons. The first kappa shape index (κ1) is 15.9. The SMILES string of the molecule is CCNC(CCS(C)(=O)=O)C(CC)OCC. The quantitative estimate of drug-likeness (QED) is 0.669. The van der Waals surface area contributed by atoms with E-state index in [0.29, 0.717) is 13.0 Å². The molecule has 2 unspecified atom stereocenters. The highest BCUT2D eigenvalue weighted by molar-refractivity contribution is 7.90. The van der Waals surface area contributed by atoms with Crippen LogP contribution >= 0.6 is 0 Å². The molecule has 0 heterocycles. The van der Waals surface area contributed by atoms with E-state index < -0.39 is 9.84 Å². The van der Waals surface area contributed by atoms with Gasteiger partial charge in [-0.25, -0.2) is 8.42 Å². The highest BCUT2D eigenvalue weighted by Gasteiger charge is 2.20. The van der Waals surface area contributed by atoms with Gasteiger partial charge in [0.2, 0.25) is 0 Å². The molecule has 1 N–H and O–H groups in total. The lowest BCUT2D eigenvalue weighted by atomic mass is 10.1. The van der Waals surface area contributed by atoms with Crippen molar-refractivity contribution in [2.45, 2.75) is 45.8 Å². The van der Waals surface area contributed by atoms with E-state index in [1.807, 2.05) is 13.8 Å². The Bertz CT molecular complexity index is 264. The van der Waals surface area contributed by atoms with Crippen LogP contribution in [0, 0.1) is 0 Å². The summed E-state index contributed by atoms with van der Waals surface area (Å²) >= 11 is 0. The average Bonchev–Trinajstić information content (AvgIpc) is 2.20. The van der Waals surface area contributed by atoms with Gasteiger partial charge in [-0.05, 0) is 26.3 Å². The monoisotopic (exact) mass is 251 g/mol. The van der Waals surface area contributed by atoms with Crippen LogP contribution in [-0.4, -0.2) is 45.7 Å². The van der Waals surface area contributed by atoms with Crippen LogP contribution in [0.4, 0.5) is 0 Å². The number of hydrogen-bond donors (Lipinski definition) is 1. The fourth-order valence-electron chi connectivity index (χ4n) is 1.76. The van der Waals surface area contributed by atoms with Crippen LogP contribution in [0.5, 0.6) is 0 Å². The molecule has 0 aliphatic carbocycles. The highest BCUT2D eigenvalue weighted by Crippen LogP contribution is 2.09. The van der Waals surface area contributed by atoms with E-state index >= 15 is 0 Å². The van der Waals surface area contributed by atoms with Gasteiger partial charge in [0.1, 0.15) is 9.84 Å². The molecule has 0 aromatic rings. The summed E-state index contributed by atoms with van der Waals surface area (Å²) in [5.74, 6) is 0.217. The highest BCUT2D eigenvalue weighted by atomic mass is 32.2. The van der Waals surface area contributed by atoms with Gasteiger partial charge in [0, 0.05) is 18.9 Å². The molecule has 0 saturated heterocycles. The minimum atomic E-state index is -2.89. The molecule has 0 amide bonds. The Morgan fingerprint density at radius 1 is 1.25 bits per heavy atom. The van der Waals surface area contributed by atoms with Crippen molar-refractivity contribution < 1.29 is 13.2 Å². The van der Waals surface area contributed by atoms with Crippen molar-refractivity contribution in [3.63, 3.8) is 0 Å². The van der Waals surface area contributed by atoms with Gasteiger partial charge in [-0.15, -0.1) is 0 Å². The molecule has 0 fully saturated rings. The third kappa shape index (κ3) is 7.19. The summed E-state index contributed by atoms with van der Waals surface area (Å²) in [5.41, 5.74) is 0. The van der Waals surface area contributed by atoms with Gasteiger partial charge in [0.25, 0.3) is 0 Å². The summed E-state index contributed by atoms with van der Waals surface area (Å²) in [7, 11) is -2.89. The Balaban J connectivity index is 4.33. The molecular formula is C11H25NO3S. The Hall–Kier alpha value is -0.130. The van der Waals surface area contributed by atoms with Crippen molar-refractivity contribution in [3.05, 3.63) is 0 Å². The maximum Gasteiger partial charge on any atom is 0.147 e. The van der Waals surface area contributed by atoms with Crippen LogP contribution in [0.25, 0.3) is 0 Å². The number of sulfone groups is 1. The molecule has 4 nitrogen and oxygen atoms in total. The van der Waals surface area contributed by atoms with Crippen LogP contribution in [-0.2, 0) is 14.6 Å². The maximum atomic E-state index is 11.1. The number of nitrogens with one attached hydrogen (secondary N) is 1. The summed E-state index contributed by atoms with van der Waals surface area (Å²) in [4.78, 5) is 0. The Labute approximate surface area is 99.7 Å². The second-order valence-electron chi connectivity index (χ2n) is 3.98. The molecule has 0 rings (SSSR count). The summed E-state index contributed by atoms with van der Waals surface area (Å²) < 4.78 is 27.9. The van der Waals surface area contributed by atoms with Gasteiger partial charge in [-0.3, -0.25) is 0 Å². The van der Waals surface area contributed by atoms with Crippen molar-refractivity contribution >= 4 is 9.84 Å². The van der Waals surface area contributed by atoms with Crippen LogP contribution in [0.1, 0.15) is 33.6 Å². The maximum absolute atomic E-state index is 11.1. The second kappa shape index (κ2) is 8.03. The first-order valence-electron chi connectivity index (χ1n) is 5.97. The minimum absolute atomic E-state index is 0.103. The first-order valence-corrected chi connectivity index (χ1v) is 8.03. The lowest BCUT2D eigenvalue weighted by Gasteiger charge is -2.26. The van der Waals surface area contributed by atoms with E-state index in [1.54, 1.807) is 0 Å². The molecule has 0 aliphatic heterocycles. The van der Waals surface area contributed by atoms with Gasteiger partial charge < -0.3 is 10.1 Å². The van der Waals surface area contributed by atoms with Crippen LogP contribution < -0.4 is 5.32 Å². The second-order valence-corrected chi connectivity index (χ2v) is 6.24. The number of ether oxygens (including phenoxy) is 1. The predicted molar refractivity (Wildman–Crippen MR) is 67.5 cm³/mol. The normalized spacial score (nSPS) is 16.0. The number of hydrogen-bond acceptors (Lipinski definition) is 4. The summed E-state index contributed by atoms with van der Waals surface area (Å²) in [6.45, 7) is 7.54. The Morgan fingerprint density at radius 3 is 2.25 bits per heavy atom. The van der Waals surface area contributed by atoms with E-state index in [1.165, 1.54) is 6.26 Å². The number of likely N-dealkylation sites (N-methyl/N-ethyl adjacent to an activating group) is 1. The minimum Gasteiger partial charge on any atom is -0.377 e. The largest absolute Gasteiger partial charge is 0.377 e. The topological polar surface area (TPSA) is 55.4 Å². The van der Waals surface area contributed by atoms with Crippen LogP contribution in [0.15, 0.2) is 0 Å². The van der Waals surface area contributed by atoms with Gasteiger partial charge in [-0.2, -0.15) is 0 Å². The molecule has 0 spiro atoms. The Morgan fingerprint density at radius 2 is 1.88 bits per heavy atom. The first-order chi connectivity index (χ1) is 7.44. The molecule has 2 atom stereocenters. The lowest BCUT2D eigenvalue weighted by molar-refractivity contribution is 0.0315. The molecule has 0 aromatic carbocycles. The van der Waals surface area contributed by atoms with E-state index in [4.69, 9.17) is 4.74 Å². The molecule has 0 aliphatic rings. The number of rotatable bonds is 9. The zero-order chi connectivity index (χ0) is 12.6. The van der Waals surface area contributed by atoms with Gasteiger partial charge in [-0.1, -0.05) is 13.8 Å². The van der Waals surface area contributed by atoms with E-state index in [9.17, 15) is 8.42 Å². The van der Waals surface area contributed by atoms with E-state index in [0.717, 1.165) is 13.0 Å². The van der Waals surface area contributed by atoms with Crippen molar-refractivity contribution in [2.24, 2.45) is 0 Å². The fourth-order valence-corrected chi connectivity index (χ4v) is 2.44. The van der Waals surface area contributed by atoms with Crippen molar-refractivity contribution in [3.8, 4) is 0 Å². The van der Waals surface area contributed by atoms with E-state index in [-0.39, 0.29) is 17.9 Å². The molecule has 98 valence electrons.